The lowest BCUT2D eigenvalue weighted by Crippen LogP contribution is -2.25. The fraction of sp³-hybridized carbons (Fsp3) is 0. The van der Waals surface area contributed by atoms with Crippen LogP contribution in [0.2, 0.25) is 0 Å². The molecular weight excluding hydrogens is 350 g/mol. The van der Waals surface area contributed by atoms with Crippen LogP contribution in [0.4, 0.5) is 0 Å². The molecule has 0 aliphatic rings. The Morgan fingerprint density at radius 3 is 2.14 bits per heavy atom. The van der Waals surface area contributed by atoms with Crippen LogP contribution in [-0.4, -0.2) is 5.27 Å². The van der Waals surface area contributed by atoms with Gasteiger partial charge in [0.05, 0.1) is 27.9 Å². The number of benzene rings is 3. The Bertz CT molecular complexity index is 1370. The number of hydrogen-bond donors (Lipinski definition) is 0. The second kappa shape index (κ2) is 6.22. The van der Waals surface area contributed by atoms with Gasteiger partial charge in [-0.1, -0.05) is 60.7 Å². The third kappa shape index (κ3) is 2.32. The zero-order valence-electron chi connectivity index (χ0n) is 14.7. The van der Waals surface area contributed by atoms with Crippen LogP contribution in [-0.2, 0) is 0 Å². The lowest BCUT2D eigenvalue weighted by Gasteiger charge is -2.12. The summed E-state index contributed by atoms with van der Waals surface area (Å²) < 4.78 is 6.55. The molecule has 5 rings (SSSR count). The van der Waals surface area contributed by atoms with E-state index >= 15 is 0 Å². The number of hydrogen-bond acceptors (Lipinski definition) is 4. The Labute approximate surface area is 160 Å². The fourth-order valence-corrected chi connectivity index (χ4v) is 3.65. The minimum atomic E-state index is -0.498. The summed E-state index contributed by atoms with van der Waals surface area (Å²) in [5.41, 5.74) is 5.06. The topological polar surface area (TPSA) is 77.0 Å². The Morgan fingerprint density at radius 1 is 0.857 bits per heavy atom. The van der Waals surface area contributed by atoms with Crippen LogP contribution in [0.1, 0.15) is 5.56 Å². The van der Waals surface area contributed by atoms with Crippen LogP contribution in [0.5, 0.6) is 5.95 Å². The molecule has 0 aliphatic carbocycles. The van der Waals surface area contributed by atoms with E-state index in [9.17, 15) is 10.4 Å². The molecule has 0 aliphatic heterocycles. The summed E-state index contributed by atoms with van der Waals surface area (Å²) >= 11 is 0. The third-order valence-corrected chi connectivity index (χ3v) is 4.85. The van der Waals surface area contributed by atoms with Gasteiger partial charge in [0.2, 0.25) is 5.52 Å². The average Bonchev–Trinajstić information content (AvgIpc) is 3.15. The summed E-state index contributed by atoms with van der Waals surface area (Å²) in [5, 5.41) is 26.8. The van der Waals surface area contributed by atoms with Gasteiger partial charge < -0.3 is 9.63 Å². The first-order chi connectivity index (χ1) is 13.8. The van der Waals surface area contributed by atoms with Crippen molar-refractivity contribution >= 4 is 16.4 Å². The van der Waals surface area contributed by atoms with Gasteiger partial charge in [0, 0.05) is 11.6 Å². The largest absolute Gasteiger partial charge is 0.539 e. The average molecular weight is 363 g/mol. The normalized spacial score (nSPS) is 11.0. The molecule has 5 nitrogen and oxygen atoms in total. The molecule has 0 N–H and O–H groups in total. The van der Waals surface area contributed by atoms with Gasteiger partial charge >= 0.3 is 0 Å². The zero-order valence-corrected chi connectivity index (χ0v) is 14.7. The van der Waals surface area contributed by atoms with Crippen LogP contribution in [0.15, 0.2) is 83.4 Å². The molecule has 0 spiro atoms. The summed E-state index contributed by atoms with van der Waals surface area (Å²) in [4.78, 5) is 0. The highest BCUT2D eigenvalue weighted by atomic mass is 16.6. The lowest BCUT2D eigenvalue weighted by molar-refractivity contribution is -0.567. The molecule has 0 bridgehead atoms. The number of nitriles is 1. The van der Waals surface area contributed by atoms with Gasteiger partial charge in [-0.3, -0.25) is 0 Å². The van der Waals surface area contributed by atoms with E-state index in [-0.39, 0.29) is 0 Å². The highest BCUT2D eigenvalue weighted by Gasteiger charge is 2.27. The van der Waals surface area contributed by atoms with Gasteiger partial charge in [-0.2, -0.15) is 5.26 Å². The van der Waals surface area contributed by atoms with Crippen LogP contribution in [0.25, 0.3) is 38.7 Å². The van der Waals surface area contributed by atoms with E-state index in [1.165, 1.54) is 4.52 Å². The number of nitrogens with zero attached hydrogens (tertiary/aromatic N) is 3. The molecule has 5 aromatic rings. The van der Waals surface area contributed by atoms with Crippen LogP contribution < -0.4 is 9.62 Å². The standard InChI is InChI=1S/C23H13N3O2/c24-14-15-11-12-19-18(13-15)20(16-7-3-1-4-8-16)21(17-9-5-2-6-10-17)22-23(27)28-25-26(19)22/h1-13H. The molecule has 5 heteroatoms. The molecule has 2 aromatic heterocycles. The summed E-state index contributed by atoms with van der Waals surface area (Å²) in [5.74, 6) is -0.498. The monoisotopic (exact) mass is 363 g/mol. The van der Waals surface area contributed by atoms with Crippen molar-refractivity contribution in [1.29, 1.82) is 5.26 Å². The van der Waals surface area contributed by atoms with Crippen LogP contribution in [0.3, 0.4) is 0 Å². The molecule has 132 valence electrons. The highest BCUT2D eigenvalue weighted by molar-refractivity contribution is 6.06. The van der Waals surface area contributed by atoms with Crippen molar-refractivity contribution in [1.82, 2.24) is 5.27 Å². The lowest BCUT2D eigenvalue weighted by atomic mass is 9.90. The molecule has 0 saturated heterocycles. The second-order valence-electron chi connectivity index (χ2n) is 6.45. The van der Waals surface area contributed by atoms with E-state index in [1.807, 2.05) is 66.7 Å². The van der Waals surface area contributed by atoms with Gasteiger partial charge in [-0.15, -0.1) is 0 Å². The molecule has 0 amide bonds. The van der Waals surface area contributed by atoms with E-state index < -0.39 is 5.95 Å². The maximum Gasteiger partial charge on any atom is 0.272 e. The maximum absolute atomic E-state index is 12.6. The van der Waals surface area contributed by atoms with Gasteiger partial charge in [0.15, 0.2) is 5.95 Å². The van der Waals surface area contributed by atoms with Gasteiger partial charge in [0.25, 0.3) is 5.52 Å². The Balaban J connectivity index is 2.08. The van der Waals surface area contributed by atoms with Crippen molar-refractivity contribution in [3.63, 3.8) is 0 Å². The van der Waals surface area contributed by atoms with Gasteiger partial charge in [-0.25, -0.2) is 0 Å². The third-order valence-electron chi connectivity index (χ3n) is 4.85. The van der Waals surface area contributed by atoms with Crippen LogP contribution >= 0.6 is 0 Å². The number of pyridine rings is 1. The molecule has 0 fully saturated rings. The highest BCUT2D eigenvalue weighted by Crippen LogP contribution is 2.41. The second-order valence-corrected chi connectivity index (χ2v) is 6.45. The summed E-state index contributed by atoms with van der Waals surface area (Å²) in [6, 6.07) is 27.1. The van der Waals surface area contributed by atoms with E-state index in [2.05, 4.69) is 11.3 Å². The first-order valence-corrected chi connectivity index (χ1v) is 8.77. The SMILES string of the molecule is N#Cc1ccc2c(c1)c(-c1ccccc1)c(-c1ccccc1)c1c([O-])on[n+]12. The maximum atomic E-state index is 12.6. The Hall–Kier alpha value is -4.17. The number of aromatic nitrogens is 2. The van der Waals surface area contributed by atoms with Gasteiger partial charge in [-0.05, 0) is 27.8 Å². The van der Waals surface area contributed by atoms with Crippen molar-refractivity contribution in [2.45, 2.75) is 0 Å². The van der Waals surface area contributed by atoms with E-state index in [0.29, 0.717) is 16.6 Å². The van der Waals surface area contributed by atoms with E-state index in [1.54, 1.807) is 12.1 Å². The number of rotatable bonds is 2. The predicted octanol–water partition coefficient (Wildman–Crippen LogP) is 3.85. The van der Waals surface area contributed by atoms with Gasteiger partial charge in [0.1, 0.15) is 0 Å². The van der Waals surface area contributed by atoms with Crippen molar-refractivity contribution < 1.29 is 14.1 Å². The van der Waals surface area contributed by atoms with E-state index in [0.717, 1.165) is 27.6 Å². The molecule has 28 heavy (non-hydrogen) atoms. The predicted molar refractivity (Wildman–Crippen MR) is 102 cm³/mol. The minimum Gasteiger partial charge on any atom is -0.539 e. The van der Waals surface area contributed by atoms with Crippen molar-refractivity contribution in [2.24, 2.45) is 0 Å². The Kier molecular flexibility index (Phi) is 3.56. The number of fused-ring (bicyclic) bond motifs is 3. The molecular formula is C23H13N3O2. The molecule has 0 atom stereocenters. The molecule has 0 saturated carbocycles. The first-order valence-electron chi connectivity index (χ1n) is 8.77. The summed E-state index contributed by atoms with van der Waals surface area (Å²) in [6.07, 6.45) is 0. The molecule has 0 unspecified atom stereocenters. The van der Waals surface area contributed by atoms with Crippen LogP contribution in [0, 0.1) is 11.3 Å². The van der Waals surface area contributed by atoms with Crippen molar-refractivity contribution in [3.8, 4) is 34.3 Å². The van der Waals surface area contributed by atoms with E-state index in [4.69, 9.17) is 4.52 Å². The molecule has 3 aromatic carbocycles. The van der Waals surface area contributed by atoms with Crippen molar-refractivity contribution in [3.05, 3.63) is 84.4 Å². The minimum absolute atomic E-state index is 0.377. The summed E-state index contributed by atoms with van der Waals surface area (Å²) in [7, 11) is 0. The quantitative estimate of drug-likeness (QED) is 0.446. The zero-order chi connectivity index (χ0) is 19.1. The molecule has 0 radical (unpaired) electrons. The van der Waals surface area contributed by atoms with Crippen molar-refractivity contribution in [2.75, 3.05) is 0 Å². The Morgan fingerprint density at radius 2 is 1.50 bits per heavy atom. The molecule has 2 heterocycles. The summed E-state index contributed by atoms with van der Waals surface area (Å²) in [6.45, 7) is 0. The first kappa shape index (κ1) is 16.0. The smallest absolute Gasteiger partial charge is 0.272 e. The fourth-order valence-electron chi connectivity index (χ4n) is 3.65.